The average molecular weight is 345 g/mol. The molecule has 0 radical (unpaired) electrons. The average Bonchev–Trinajstić information content (AvgIpc) is 2.86. The number of nitrogens with one attached hydrogen (secondary N) is 2. The number of thiazole rings is 1. The molecular formula is C13H19N3O4S2. The van der Waals surface area contributed by atoms with E-state index in [1.165, 1.54) is 23.1 Å². The quantitative estimate of drug-likeness (QED) is 0.575. The second-order valence-corrected chi connectivity index (χ2v) is 6.64. The van der Waals surface area contributed by atoms with E-state index in [9.17, 15) is 14.4 Å². The van der Waals surface area contributed by atoms with Gasteiger partial charge >= 0.3 is 12.0 Å². The number of ether oxygens (including phenoxy) is 1. The number of aromatic nitrogens is 1. The van der Waals surface area contributed by atoms with Crippen molar-refractivity contribution in [1.82, 2.24) is 15.6 Å². The van der Waals surface area contributed by atoms with Crippen LogP contribution in [0, 0.1) is 0 Å². The summed E-state index contributed by atoms with van der Waals surface area (Å²) in [6, 6.07) is -0.512. The molecule has 0 aliphatic heterocycles. The van der Waals surface area contributed by atoms with Crippen LogP contribution in [0.3, 0.4) is 0 Å². The smallest absolute Gasteiger partial charge is 0.321 e. The summed E-state index contributed by atoms with van der Waals surface area (Å²) in [5, 5.41) is 6.03. The Hall–Kier alpha value is -1.61. The van der Waals surface area contributed by atoms with Crippen LogP contribution in [0.4, 0.5) is 4.79 Å². The van der Waals surface area contributed by atoms with Gasteiger partial charge in [0.25, 0.3) is 0 Å². The summed E-state index contributed by atoms with van der Waals surface area (Å²) >= 11 is 2.58. The Bertz CT molecular complexity index is 533. The molecule has 1 rings (SSSR count). The van der Waals surface area contributed by atoms with Crippen LogP contribution in [0.25, 0.3) is 0 Å². The van der Waals surface area contributed by atoms with Crippen LogP contribution < -0.4 is 10.6 Å². The molecule has 2 N–H and O–H groups in total. The predicted molar refractivity (Wildman–Crippen MR) is 85.0 cm³/mol. The Balaban J connectivity index is 2.49. The maximum Gasteiger partial charge on any atom is 0.321 e. The fourth-order valence-corrected chi connectivity index (χ4v) is 3.39. The SMILES string of the molecule is CCNC(=O)NC(=O)C(C)Sc1nc(CC(=O)OCC)cs1. The highest BCUT2D eigenvalue weighted by Crippen LogP contribution is 2.27. The third kappa shape index (κ3) is 6.44. The Morgan fingerprint density at radius 1 is 1.41 bits per heavy atom. The van der Waals surface area contributed by atoms with Crippen molar-refractivity contribution in [1.29, 1.82) is 0 Å². The molecule has 0 saturated carbocycles. The van der Waals surface area contributed by atoms with E-state index in [0.29, 0.717) is 23.2 Å². The summed E-state index contributed by atoms with van der Waals surface area (Å²) in [7, 11) is 0. The molecule has 7 nitrogen and oxygen atoms in total. The van der Waals surface area contributed by atoms with Crippen molar-refractivity contribution >= 4 is 41.0 Å². The van der Waals surface area contributed by atoms with Crippen molar-refractivity contribution in [3.05, 3.63) is 11.1 Å². The normalized spacial score (nSPS) is 11.6. The number of amides is 3. The van der Waals surface area contributed by atoms with Gasteiger partial charge < -0.3 is 10.1 Å². The lowest BCUT2D eigenvalue weighted by Gasteiger charge is -2.09. The highest BCUT2D eigenvalue weighted by Gasteiger charge is 2.19. The van der Waals surface area contributed by atoms with Crippen LogP contribution >= 0.6 is 23.1 Å². The lowest BCUT2D eigenvalue weighted by atomic mass is 10.3. The Labute approximate surface area is 137 Å². The minimum absolute atomic E-state index is 0.115. The number of carbonyl (C=O) groups is 3. The monoisotopic (exact) mass is 345 g/mol. The third-order valence-electron chi connectivity index (χ3n) is 2.38. The van der Waals surface area contributed by atoms with Gasteiger partial charge in [0, 0.05) is 11.9 Å². The van der Waals surface area contributed by atoms with Crippen molar-refractivity contribution in [3.63, 3.8) is 0 Å². The van der Waals surface area contributed by atoms with E-state index in [2.05, 4.69) is 15.6 Å². The van der Waals surface area contributed by atoms with Crippen LogP contribution in [0.2, 0.25) is 0 Å². The number of hydrogen-bond acceptors (Lipinski definition) is 7. The molecule has 0 bridgehead atoms. The molecule has 9 heteroatoms. The molecule has 1 atom stereocenters. The van der Waals surface area contributed by atoms with Gasteiger partial charge in [0.15, 0.2) is 4.34 Å². The maximum atomic E-state index is 11.8. The molecule has 1 aromatic rings. The highest BCUT2D eigenvalue weighted by atomic mass is 32.2. The van der Waals surface area contributed by atoms with E-state index < -0.39 is 17.2 Å². The number of rotatable bonds is 7. The van der Waals surface area contributed by atoms with E-state index in [4.69, 9.17) is 4.74 Å². The fraction of sp³-hybridized carbons (Fsp3) is 0.538. The van der Waals surface area contributed by atoms with Crippen LogP contribution in [-0.2, 0) is 20.7 Å². The molecule has 1 aromatic heterocycles. The molecular weight excluding hydrogens is 326 g/mol. The van der Waals surface area contributed by atoms with Gasteiger partial charge in [-0.1, -0.05) is 11.8 Å². The minimum atomic E-state index is -0.512. The molecule has 0 aliphatic rings. The second kappa shape index (κ2) is 9.42. The molecule has 122 valence electrons. The van der Waals surface area contributed by atoms with Gasteiger partial charge in [0.2, 0.25) is 5.91 Å². The first kappa shape index (κ1) is 18.4. The van der Waals surface area contributed by atoms with Gasteiger partial charge in [0.05, 0.1) is 24.0 Å². The zero-order chi connectivity index (χ0) is 16.5. The molecule has 0 spiro atoms. The van der Waals surface area contributed by atoms with E-state index in [1.807, 2.05) is 0 Å². The lowest BCUT2D eigenvalue weighted by Crippen LogP contribution is -2.42. The van der Waals surface area contributed by atoms with Crippen LogP contribution in [0.15, 0.2) is 9.72 Å². The standard InChI is InChI=1S/C13H19N3O4S2/c1-4-14-12(19)16-11(18)8(3)22-13-15-9(7-21-13)6-10(17)20-5-2/h7-8H,4-6H2,1-3H3,(H2,14,16,18,19). The number of urea groups is 1. The highest BCUT2D eigenvalue weighted by molar-refractivity contribution is 8.02. The number of imide groups is 1. The minimum Gasteiger partial charge on any atom is -0.466 e. The summed E-state index contributed by atoms with van der Waals surface area (Å²) in [4.78, 5) is 38.7. The number of thioether (sulfide) groups is 1. The predicted octanol–water partition coefficient (Wildman–Crippen LogP) is 1.57. The summed E-state index contributed by atoms with van der Waals surface area (Å²) in [5.74, 6) is -0.718. The van der Waals surface area contributed by atoms with E-state index >= 15 is 0 Å². The van der Waals surface area contributed by atoms with Crippen molar-refractivity contribution in [2.75, 3.05) is 13.2 Å². The number of esters is 1. The van der Waals surface area contributed by atoms with E-state index in [-0.39, 0.29) is 12.4 Å². The second-order valence-electron chi connectivity index (χ2n) is 4.20. The molecule has 0 fully saturated rings. The molecule has 22 heavy (non-hydrogen) atoms. The summed E-state index contributed by atoms with van der Waals surface area (Å²) < 4.78 is 5.52. The van der Waals surface area contributed by atoms with Gasteiger partial charge in [-0.05, 0) is 20.8 Å². The van der Waals surface area contributed by atoms with Gasteiger partial charge in [-0.25, -0.2) is 9.78 Å². The van der Waals surface area contributed by atoms with Crippen LogP contribution in [0.5, 0.6) is 0 Å². The topological polar surface area (TPSA) is 97.4 Å². The summed E-state index contributed by atoms with van der Waals surface area (Å²) in [5.41, 5.74) is 0.613. The molecule has 1 heterocycles. The summed E-state index contributed by atoms with van der Waals surface area (Å²) in [6.07, 6.45) is 0.115. The van der Waals surface area contributed by atoms with Gasteiger partial charge in [0.1, 0.15) is 0 Å². The van der Waals surface area contributed by atoms with E-state index in [0.717, 1.165) is 0 Å². The Morgan fingerprint density at radius 2 is 2.14 bits per heavy atom. The van der Waals surface area contributed by atoms with Crippen LogP contribution in [0.1, 0.15) is 26.5 Å². The Kier molecular flexibility index (Phi) is 7.89. The first-order chi connectivity index (χ1) is 10.5. The zero-order valence-corrected chi connectivity index (χ0v) is 14.3. The van der Waals surface area contributed by atoms with Gasteiger partial charge in [-0.2, -0.15) is 0 Å². The maximum absolute atomic E-state index is 11.8. The van der Waals surface area contributed by atoms with E-state index in [1.54, 1.807) is 26.2 Å². The molecule has 0 aromatic carbocycles. The first-order valence-corrected chi connectivity index (χ1v) is 8.57. The third-order valence-corrected chi connectivity index (χ3v) is 4.50. The van der Waals surface area contributed by atoms with Crippen LogP contribution in [-0.4, -0.2) is 41.3 Å². The molecule has 0 saturated heterocycles. The lowest BCUT2D eigenvalue weighted by molar-refractivity contribution is -0.142. The summed E-state index contributed by atoms with van der Waals surface area (Å²) in [6.45, 7) is 5.98. The Morgan fingerprint density at radius 3 is 2.77 bits per heavy atom. The van der Waals surface area contributed by atoms with Gasteiger partial charge in [-0.15, -0.1) is 11.3 Å². The largest absolute Gasteiger partial charge is 0.466 e. The fourth-order valence-electron chi connectivity index (χ4n) is 1.41. The van der Waals surface area contributed by atoms with Gasteiger partial charge in [-0.3, -0.25) is 14.9 Å². The van der Waals surface area contributed by atoms with Crippen molar-refractivity contribution < 1.29 is 19.1 Å². The van der Waals surface area contributed by atoms with Crippen molar-refractivity contribution in [2.45, 2.75) is 36.8 Å². The number of hydrogen-bond donors (Lipinski definition) is 2. The molecule has 1 unspecified atom stereocenters. The zero-order valence-electron chi connectivity index (χ0n) is 12.7. The van der Waals surface area contributed by atoms with Crippen molar-refractivity contribution in [3.8, 4) is 0 Å². The number of nitrogens with zero attached hydrogens (tertiary/aromatic N) is 1. The molecule has 3 amide bonds. The number of carbonyl (C=O) groups excluding carboxylic acids is 3. The van der Waals surface area contributed by atoms with Crippen molar-refractivity contribution in [2.24, 2.45) is 0 Å². The molecule has 0 aliphatic carbocycles. The first-order valence-electron chi connectivity index (χ1n) is 6.81.